The maximum atomic E-state index is 13.0. The average Bonchev–Trinajstić information content (AvgIpc) is 3.00. The van der Waals surface area contributed by atoms with Crippen molar-refractivity contribution in [1.82, 2.24) is 0 Å². The number of rotatable bonds is 4. The highest BCUT2D eigenvalue weighted by Gasteiger charge is 2.81. The molecule has 0 heterocycles. The topological polar surface area (TPSA) is 124 Å². The third-order valence-electron chi connectivity index (χ3n) is 10.7. The average molecular weight is 491 g/mol. The third kappa shape index (κ3) is 3.38. The SMILES string of the molecule is CC(=O)[C@]1(O)CC[C@@]2(O)[C@@]1(C)[C@@H](OC(=O)/C=C(\C)C(C)C)C[C@@H]1[C@]2(O)CC=C2C[C@@H](O)CC[C@]21C. The van der Waals surface area contributed by atoms with Crippen LogP contribution in [0.5, 0.6) is 0 Å². The molecule has 0 aliphatic heterocycles. The van der Waals surface area contributed by atoms with Crippen LogP contribution in [-0.4, -0.2) is 61.2 Å². The lowest BCUT2D eigenvalue weighted by Crippen LogP contribution is -2.78. The molecule has 0 aromatic heterocycles. The number of carbonyl (C=O) groups excluding carboxylic acids is 2. The number of fused-ring (bicyclic) bond motifs is 5. The molecule has 3 fully saturated rings. The summed E-state index contributed by atoms with van der Waals surface area (Å²) in [5.74, 6) is -1.41. The number of hydrogen-bond donors (Lipinski definition) is 4. The molecule has 7 nitrogen and oxygen atoms in total. The lowest BCUT2D eigenvalue weighted by Gasteiger charge is -2.67. The van der Waals surface area contributed by atoms with E-state index >= 15 is 0 Å². The fourth-order valence-electron chi connectivity index (χ4n) is 7.90. The van der Waals surface area contributed by atoms with Crippen molar-refractivity contribution in [3.63, 3.8) is 0 Å². The Balaban J connectivity index is 1.85. The number of hydrogen-bond acceptors (Lipinski definition) is 7. The molecule has 4 aliphatic rings. The minimum atomic E-state index is -1.95. The molecule has 0 spiro atoms. The van der Waals surface area contributed by atoms with Gasteiger partial charge in [-0.1, -0.05) is 38.0 Å². The van der Waals surface area contributed by atoms with Gasteiger partial charge in [-0.3, -0.25) is 4.79 Å². The summed E-state index contributed by atoms with van der Waals surface area (Å²) in [7, 11) is 0. The van der Waals surface area contributed by atoms with Crippen molar-refractivity contribution in [2.75, 3.05) is 0 Å². The van der Waals surface area contributed by atoms with Crippen molar-refractivity contribution < 1.29 is 34.8 Å². The van der Waals surface area contributed by atoms with Gasteiger partial charge in [0.25, 0.3) is 0 Å². The zero-order chi connectivity index (χ0) is 26.2. The van der Waals surface area contributed by atoms with Crippen molar-refractivity contribution in [2.45, 2.75) is 115 Å². The van der Waals surface area contributed by atoms with Gasteiger partial charge in [-0.25, -0.2) is 4.79 Å². The van der Waals surface area contributed by atoms with Gasteiger partial charge in [-0.15, -0.1) is 0 Å². The van der Waals surface area contributed by atoms with E-state index in [9.17, 15) is 30.0 Å². The molecular weight excluding hydrogens is 448 g/mol. The molecule has 0 saturated heterocycles. The number of ether oxygens (including phenoxy) is 1. The van der Waals surface area contributed by atoms with Crippen LogP contribution in [0.4, 0.5) is 0 Å². The summed E-state index contributed by atoms with van der Waals surface area (Å²) in [6.45, 7) is 10.7. The van der Waals surface area contributed by atoms with Crippen molar-refractivity contribution in [3.8, 4) is 0 Å². The minimum Gasteiger partial charge on any atom is -0.458 e. The molecule has 0 bridgehead atoms. The van der Waals surface area contributed by atoms with Crippen LogP contribution in [0.25, 0.3) is 0 Å². The van der Waals surface area contributed by atoms with Crippen molar-refractivity contribution in [2.24, 2.45) is 22.7 Å². The normalized spacial score (nSPS) is 47.5. The van der Waals surface area contributed by atoms with Gasteiger partial charge in [0.15, 0.2) is 5.78 Å². The molecule has 196 valence electrons. The summed E-state index contributed by atoms with van der Waals surface area (Å²) < 4.78 is 6.01. The largest absolute Gasteiger partial charge is 0.458 e. The fraction of sp³-hybridized carbons (Fsp3) is 0.786. The summed E-state index contributed by atoms with van der Waals surface area (Å²) in [5.41, 5.74) is -5.62. The van der Waals surface area contributed by atoms with Crippen LogP contribution in [0.1, 0.15) is 86.5 Å². The minimum absolute atomic E-state index is 0.0172. The van der Waals surface area contributed by atoms with Crippen LogP contribution in [0, 0.1) is 22.7 Å². The predicted molar refractivity (Wildman–Crippen MR) is 130 cm³/mol. The Labute approximate surface area is 208 Å². The lowest BCUT2D eigenvalue weighted by atomic mass is 9.42. The van der Waals surface area contributed by atoms with Gasteiger partial charge in [-0.2, -0.15) is 0 Å². The molecule has 7 heteroatoms. The fourth-order valence-corrected chi connectivity index (χ4v) is 7.90. The highest BCUT2D eigenvalue weighted by Crippen LogP contribution is 2.70. The number of aliphatic hydroxyl groups excluding tert-OH is 1. The van der Waals surface area contributed by atoms with Gasteiger partial charge in [0.1, 0.15) is 22.9 Å². The highest BCUT2D eigenvalue weighted by molar-refractivity contribution is 5.87. The molecule has 0 unspecified atom stereocenters. The van der Waals surface area contributed by atoms with Gasteiger partial charge < -0.3 is 25.2 Å². The Morgan fingerprint density at radius 3 is 2.37 bits per heavy atom. The Kier molecular flexibility index (Phi) is 6.24. The maximum Gasteiger partial charge on any atom is 0.330 e. The number of allylic oxidation sites excluding steroid dienone is 1. The van der Waals surface area contributed by atoms with Crippen LogP contribution in [-0.2, 0) is 14.3 Å². The Hall–Kier alpha value is -1.54. The predicted octanol–water partition coefficient (Wildman–Crippen LogP) is 2.98. The first-order chi connectivity index (χ1) is 16.1. The second kappa shape index (κ2) is 8.23. The molecule has 0 aromatic carbocycles. The first-order valence-electron chi connectivity index (χ1n) is 13.0. The van der Waals surface area contributed by atoms with E-state index in [1.54, 1.807) is 6.92 Å². The molecule has 8 atom stereocenters. The van der Waals surface area contributed by atoms with Gasteiger partial charge in [0.2, 0.25) is 0 Å². The van der Waals surface area contributed by atoms with E-state index < -0.39 is 57.5 Å². The van der Waals surface area contributed by atoms with Crippen molar-refractivity contribution in [3.05, 3.63) is 23.3 Å². The standard InChI is InChI=1S/C28H42O7/c1-16(2)17(3)13-23(31)35-22-15-21-24(5)9-8-20(30)14-19(24)7-10-27(21,33)28(34)12-11-26(32,18(4)29)25(22,28)6/h7,13,16,20-22,30,32-34H,8-12,14-15H2,1-6H3/b17-13+/t20-,21-,22-,24+,25-,26+,27+,28+/m0/s1. The lowest BCUT2D eigenvalue weighted by molar-refractivity contribution is -0.314. The summed E-state index contributed by atoms with van der Waals surface area (Å²) in [4.78, 5) is 25.9. The molecule has 4 N–H and O–H groups in total. The van der Waals surface area contributed by atoms with E-state index in [1.165, 1.54) is 13.0 Å². The zero-order valence-electron chi connectivity index (χ0n) is 21.9. The molecular formula is C28H42O7. The van der Waals surface area contributed by atoms with Crippen LogP contribution in [0.2, 0.25) is 0 Å². The maximum absolute atomic E-state index is 13.0. The first-order valence-corrected chi connectivity index (χ1v) is 13.0. The summed E-state index contributed by atoms with van der Waals surface area (Å²) >= 11 is 0. The number of esters is 1. The first kappa shape index (κ1) is 26.5. The Bertz CT molecular complexity index is 984. The highest BCUT2D eigenvalue weighted by atomic mass is 16.5. The molecule has 35 heavy (non-hydrogen) atoms. The van der Waals surface area contributed by atoms with E-state index in [1.807, 2.05) is 26.8 Å². The Morgan fingerprint density at radius 2 is 1.77 bits per heavy atom. The van der Waals surface area contributed by atoms with E-state index in [2.05, 4.69) is 6.92 Å². The molecule has 0 aromatic rings. The third-order valence-corrected chi connectivity index (χ3v) is 10.7. The van der Waals surface area contributed by atoms with E-state index in [0.29, 0.717) is 19.3 Å². The monoisotopic (exact) mass is 490 g/mol. The summed E-state index contributed by atoms with van der Waals surface area (Å²) in [5, 5.41) is 46.7. The number of ketones is 1. The van der Waals surface area contributed by atoms with Crippen LogP contribution >= 0.6 is 0 Å². The number of Topliss-reactive ketones (excluding diaryl/α,β-unsaturated/α-hetero) is 1. The van der Waals surface area contributed by atoms with E-state index in [0.717, 1.165) is 11.1 Å². The summed E-state index contributed by atoms with van der Waals surface area (Å²) in [6.07, 6.45) is 4.01. The van der Waals surface area contributed by atoms with Crippen molar-refractivity contribution in [1.29, 1.82) is 0 Å². The van der Waals surface area contributed by atoms with E-state index in [-0.39, 0.29) is 31.6 Å². The second-order valence-corrected chi connectivity index (χ2v) is 12.4. The summed E-state index contributed by atoms with van der Waals surface area (Å²) in [6, 6.07) is 0. The van der Waals surface area contributed by atoms with Crippen molar-refractivity contribution >= 4 is 11.8 Å². The quantitative estimate of drug-likeness (QED) is 0.271. The molecule has 0 amide bonds. The number of carbonyl (C=O) groups is 2. The molecule has 4 aliphatic carbocycles. The molecule has 0 radical (unpaired) electrons. The smallest absolute Gasteiger partial charge is 0.330 e. The molecule has 3 saturated carbocycles. The molecule has 4 rings (SSSR count). The van der Waals surface area contributed by atoms with E-state index in [4.69, 9.17) is 4.74 Å². The van der Waals surface area contributed by atoms with Crippen LogP contribution < -0.4 is 0 Å². The second-order valence-electron chi connectivity index (χ2n) is 12.4. The Morgan fingerprint density at radius 1 is 1.11 bits per heavy atom. The van der Waals surface area contributed by atoms with Gasteiger partial charge in [0.05, 0.1) is 11.5 Å². The van der Waals surface area contributed by atoms with Gasteiger partial charge in [-0.05, 0) is 77.0 Å². The van der Waals surface area contributed by atoms with Crippen LogP contribution in [0.3, 0.4) is 0 Å². The van der Waals surface area contributed by atoms with Gasteiger partial charge in [0, 0.05) is 12.0 Å². The number of aliphatic hydroxyl groups is 4. The van der Waals surface area contributed by atoms with Crippen LogP contribution in [0.15, 0.2) is 23.3 Å². The van der Waals surface area contributed by atoms with Gasteiger partial charge >= 0.3 is 5.97 Å². The zero-order valence-corrected chi connectivity index (χ0v) is 21.9.